The highest BCUT2D eigenvalue weighted by Crippen LogP contribution is 2.24. The molecular weight excluding hydrogens is 154 g/mol. The highest BCUT2D eigenvalue weighted by atomic mass is 16.5. The summed E-state index contributed by atoms with van der Waals surface area (Å²) in [5.41, 5.74) is 7.66. The van der Waals surface area contributed by atoms with E-state index in [1.54, 1.807) is 0 Å². The van der Waals surface area contributed by atoms with Crippen molar-refractivity contribution in [3.63, 3.8) is 0 Å². The molecule has 0 saturated heterocycles. The first-order valence-corrected chi connectivity index (χ1v) is 4.36. The lowest BCUT2D eigenvalue weighted by Gasteiger charge is -2.02. The van der Waals surface area contributed by atoms with Crippen molar-refractivity contribution in [2.24, 2.45) is 5.73 Å². The van der Waals surface area contributed by atoms with Crippen LogP contribution in [0.3, 0.4) is 0 Å². The average molecular weight is 169 g/mol. The summed E-state index contributed by atoms with van der Waals surface area (Å²) in [7, 11) is 0. The summed E-state index contributed by atoms with van der Waals surface area (Å²) in [6, 6.07) is 0. The molecule has 0 heterocycles. The van der Waals surface area contributed by atoms with Crippen molar-refractivity contribution in [3.8, 4) is 0 Å². The van der Waals surface area contributed by atoms with Crippen molar-refractivity contribution < 1.29 is 9.53 Å². The number of hydrogen-bond donors (Lipinski definition) is 1. The highest BCUT2D eigenvalue weighted by molar-refractivity contribution is 5.72. The molecule has 0 aromatic carbocycles. The van der Waals surface area contributed by atoms with Crippen LogP contribution in [0.2, 0.25) is 0 Å². The van der Waals surface area contributed by atoms with Gasteiger partial charge in [0.1, 0.15) is 0 Å². The monoisotopic (exact) mass is 169 g/mol. The van der Waals surface area contributed by atoms with E-state index in [2.05, 4.69) is 0 Å². The topological polar surface area (TPSA) is 52.3 Å². The Morgan fingerprint density at radius 2 is 2.33 bits per heavy atom. The van der Waals surface area contributed by atoms with Crippen molar-refractivity contribution in [3.05, 3.63) is 11.3 Å². The summed E-state index contributed by atoms with van der Waals surface area (Å²) in [5, 5.41) is 0. The van der Waals surface area contributed by atoms with Crippen molar-refractivity contribution in [2.75, 3.05) is 6.61 Å². The van der Waals surface area contributed by atoms with Crippen molar-refractivity contribution in [2.45, 2.75) is 32.6 Å². The minimum atomic E-state index is -0.155. The third kappa shape index (κ3) is 2.26. The number of carbonyl (C=O) groups is 1. The molecule has 0 radical (unpaired) electrons. The molecule has 12 heavy (non-hydrogen) atoms. The predicted octanol–water partition coefficient (Wildman–Crippen LogP) is 1.34. The van der Waals surface area contributed by atoms with Crippen molar-refractivity contribution >= 4 is 5.97 Å². The van der Waals surface area contributed by atoms with Gasteiger partial charge in [-0.1, -0.05) is 0 Å². The molecule has 0 aromatic rings. The molecule has 0 saturated carbocycles. The number of ether oxygens (including phenoxy) is 1. The van der Waals surface area contributed by atoms with Gasteiger partial charge in [-0.25, -0.2) is 0 Å². The van der Waals surface area contributed by atoms with Crippen LogP contribution in [0.5, 0.6) is 0 Å². The molecule has 68 valence electrons. The smallest absolute Gasteiger partial charge is 0.309 e. The minimum absolute atomic E-state index is 0.155. The molecule has 0 aromatic heterocycles. The van der Waals surface area contributed by atoms with Crippen LogP contribution in [-0.2, 0) is 9.53 Å². The summed E-state index contributed by atoms with van der Waals surface area (Å²) < 4.78 is 4.82. The molecule has 3 nitrogen and oxygen atoms in total. The first-order chi connectivity index (χ1) is 5.74. The Kier molecular flexibility index (Phi) is 3.14. The molecule has 0 bridgehead atoms. The van der Waals surface area contributed by atoms with Gasteiger partial charge in [-0.2, -0.15) is 0 Å². The van der Waals surface area contributed by atoms with Crippen LogP contribution in [0, 0.1) is 0 Å². The number of nitrogens with two attached hydrogens (primary N) is 1. The van der Waals surface area contributed by atoms with E-state index < -0.39 is 0 Å². The molecule has 1 rings (SSSR count). The number of carbonyl (C=O) groups excluding carboxylic acids is 1. The Morgan fingerprint density at radius 1 is 1.58 bits per heavy atom. The Hall–Kier alpha value is -0.990. The first-order valence-electron chi connectivity index (χ1n) is 4.36. The molecular formula is C9H15NO2. The van der Waals surface area contributed by atoms with Gasteiger partial charge in [0.25, 0.3) is 0 Å². The van der Waals surface area contributed by atoms with E-state index in [1.807, 2.05) is 6.92 Å². The molecule has 1 aliphatic rings. The maximum absolute atomic E-state index is 11.0. The lowest BCUT2D eigenvalue weighted by molar-refractivity contribution is -0.142. The second-order valence-corrected chi connectivity index (χ2v) is 2.96. The summed E-state index contributed by atoms with van der Waals surface area (Å²) in [4.78, 5) is 11.0. The summed E-state index contributed by atoms with van der Waals surface area (Å²) in [6.07, 6.45) is 3.37. The lowest BCUT2D eigenvalue weighted by atomic mass is 10.1. The molecule has 0 spiro atoms. The number of hydrogen-bond acceptors (Lipinski definition) is 3. The average Bonchev–Trinajstić information content (AvgIpc) is 2.37. The third-order valence-corrected chi connectivity index (χ3v) is 2.04. The van der Waals surface area contributed by atoms with Crippen LogP contribution in [0.4, 0.5) is 0 Å². The first kappa shape index (κ1) is 9.10. The summed E-state index contributed by atoms with van der Waals surface area (Å²) in [6.45, 7) is 2.26. The van der Waals surface area contributed by atoms with Crippen LogP contribution in [-0.4, -0.2) is 12.6 Å². The van der Waals surface area contributed by atoms with Gasteiger partial charge in [-0.3, -0.25) is 4.79 Å². The maximum atomic E-state index is 11.0. The van der Waals surface area contributed by atoms with Crippen molar-refractivity contribution in [1.29, 1.82) is 0 Å². The zero-order valence-corrected chi connectivity index (χ0v) is 7.43. The van der Waals surface area contributed by atoms with E-state index in [0.29, 0.717) is 13.0 Å². The molecule has 0 fully saturated rings. The predicted molar refractivity (Wildman–Crippen MR) is 46.3 cm³/mol. The fourth-order valence-electron chi connectivity index (χ4n) is 1.42. The standard InChI is InChI=1S/C9H15NO2/c1-2-12-9(11)6-7-4-3-5-8(7)10/h2-6,10H2,1H3. The normalized spacial score (nSPS) is 16.8. The van der Waals surface area contributed by atoms with Gasteiger partial charge in [0.2, 0.25) is 0 Å². The second-order valence-electron chi connectivity index (χ2n) is 2.96. The minimum Gasteiger partial charge on any atom is -0.466 e. The molecule has 0 atom stereocenters. The van der Waals surface area contributed by atoms with E-state index in [1.165, 1.54) is 0 Å². The molecule has 0 unspecified atom stereocenters. The Morgan fingerprint density at radius 3 is 2.83 bits per heavy atom. The number of rotatable bonds is 3. The SMILES string of the molecule is CCOC(=O)CC1=C(N)CCC1. The fourth-order valence-corrected chi connectivity index (χ4v) is 1.42. The fraction of sp³-hybridized carbons (Fsp3) is 0.667. The second kappa shape index (κ2) is 4.14. The number of allylic oxidation sites excluding steroid dienone is 1. The van der Waals surface area contributed by atoms with Gasteiger partial charge in [0.15, 0.2) is 0 Å². The van der Waals surface area contributed by atoms with E-state index in [0.717, 1.165) is 30.5 Å². The van der Waals surface area contributed by atoms with Gasteiger partial charge in [-0.05, 0) is 31.8 Å². The van der Waals surface area contributed by atoms with Gasteiger partial charge < -0.3 is 10.5 Å². The van der Waals surface area contributed by atoms with Crippen LogP contribution >= 0.6 is 0 Å². The Labute approximate surface area is 72.6 Å². The quantitative estimate of drug-likeness (QED) is 0.648. The van der Waals surface area contributed by atoms with E-state index in [4.69, 9.17) is 10.5 Å². The zero-order valence-electron chi connectivity index (χ0n) is 7.43. The van der Waals surface area contributed by atoms with Crippen LogP contribution in [0.25, 0.3) is 0 Å². The van der Waals surface area contributed by atoms with Gasteiger partial charge in [0.05, 0.1) is 13.0 Å². The summed E-state index contributed by atoms with van der Waals surface area (Å²) in [5.74, 6) is -0.155. The largest absolute Gasteiger partial charge is 0.466 e. The Balaban J connectivity index is 2.40. The molecule has 0 amide bonds. The van der Waals surface area contributed by atoms with Crippen LogP contribution < -0.4 is 5.73 Å². The molecule has 2 N–H and O–H groups in total. The zero-order chi connectivity index (χ0) is 8.97. The third-order valence-electron chi connectivity index (χ3n) is 2.04. The van der Waals surface area contributed by atoms with Crippen molar-refractivity contribution in [1.82, 2.24) is 0 Å². The van der Waals surface area contributed by atoms with Gasteiger partial charge in [-0.15, -0.1) is 0 Å². The van der Waals surface area contributed by atoms with E-state index in [9.17, 15) is 4.79 Å². The number of esters is 1. The lowest BCUT2D eigenvalue weighted by Crippen LogP contribution is -2.06. The van der Waals surface area contributed by atoms with E-state index >= 15 is 0 Å². The van der Waals surface area contributed by atoms with Gasteiger partial charge in [0, 0.05) is 5.70 Å². The van der Waals surface area contributed by atoms with Crippen LogP contribution in [0.1, 0.15) is 32.6 Å². The summed E-state index contributed by atoms with van der Waals surface area (Å²) >= 11 is 0. The van der Waals surface area contributed by atoms with Gasteiger partial charge >= 0.3 is 5.97 Å². The molecule has 1 aliphatic carbocycles. The molecule has 3 heteroatoms. The Bertz CT molecular complexity index is 209. The highest BCUT2D eigenvalue weighted by Gasteiger charge is 2.15. The van der Waals surface area contributed by atoms with E-state index in [-0.39, 0.29) is 5.97 Å². The maximum Gasteiger partial charge on any atom is 0.309 e. The van der Waals surface area contributed by atoms with Crippen LogP contribution in [0.15, 0.2) is 11.3 Å². The molecule has 0 aliphatic heterocycles.